The molecule has 1 aromatic heterocycles. The standard InChI is InChI=1S/C5H5N2O.C4H9.Sn/c1-8-5-6-3-2-4-7-5;1-4(2)3;/h2-3H,1H3;1-3H3;. The van der Waals surface area contributed by atoms with Gasteiger partial charge in [-0.1, -0.05) is 0 Å². The maximum atomic E-state index is 4.97. The van der Waals surface area contributed by atoms with E-state index in [-0.39, 0.29) is 0 Å². The summed E-state index contributed by atoms with van der Waals surface area (Å²) in [5, 5.41) is 0. The molecule has 0 N–H and O–H groups in total. The summed E-state index contributed by atoms with van der Waals surface area (Å²) in [4.78, 5) is 8.30. The van der Waals surface area contributed by atoms with Gasteiger partial charge in [0.25, 0.3) is 0 Å². The predicted molar refractivity (Wildman–Crippen MR) is 53.7 cm³/mol. The first kappa shape index (κ1) is 10.8. The van der Waals surface area contributed by atoms with E-state index in [4.69, 9.17) is 4.74 Å². The van der Waals surface area contributed by atoms with E-state index in [0.717, 1.165) is 0 Å². The zero-order chi connectivity index (χ0) is 9.90. The van der Waals surface area contributed by atoms with Gasteiger partial charge < -0.3 is 0 Å². The summed E-state index contributed by atoms with van der Waals surface area (Å²) in [7, 11) is 1.60. The summed E-state index contributed by atoms with van der Waals surface area (Å²) in [6, 6.07) is 2.49. The molecule has 2 radical (unpaired) electrons. The summed E-state index contributed by atoms with van der Waals surface area (Å²) in [5.41, 5.74) is 0. The molecule has 1 heterocycles. The molecule has 4 heteroatoms. The van der Waals surface area contributed by atoms with Crippen molar-refractivity contribution in [1.29, 1.82) is 0 Å². The van der Waals surface area contributed by atoms with Gasteiger partial charge in [0.2, 0.25) is 0 Å². The Balaban J connectivity index is 2.78. The Labute approximate surface area is 89.2 Å². The topological polar surface area (TPSA) is 35.0 Å². The second kappa shape index (κ2) is 4.26. The Kier molecular flexibility index (Phi) is 3.53. The summed E-state index contributed by atoms with van der Waals surface area (Å²) < 4.78 is 6.59. The van der Waals surface area contributed by atoms with Crippen molar-refractivity contribution in [2.24, 2.45) is 0 Å². The first-order valence-electron chi connectivity index (χ1n) is 4.16. The zero-order valence-electron chi connectivity index (χ0n) is 8.46. The molecule has 1 aromatic rings. The van der Waals surface area contributed by atoms with Crippen molar-refractivity contribution >= 4 is 24.9 Å². The van der Waals surface area contributed by atoms with Gasteiger partial charge in [0, 0.05) is 0 Å². The van der Waals surface area contributed by atoms with Crippen LogP contribution in [0, 0.1) is 0 Å². The van der Waals surface area contributed by atoms with E-state index >= 15 is 0 Å². The van der Waals surface area contributed by atoms with E-state index in [1.54, 1.807) is 13.3 Å². The fraction of sp³-hybridized carbons (Fsp3) is 0.556. The van der Waals surface area contributed by atoms with Crippen LogP contribution in [-0.4, -0.2) is 38.2 Å². The van der Waals surface area contributed by atoms with Crippen molar-refractivity contribution in [1.82, 2.24) is 9.97 Å². The number of aromatic nitrogens is 2. The molecule has 0 fully saturated rings. The maximum absolute atomic E-state index is 4.97. The van der Waals surface area contributed by atoms with Gasteiger partial charge in [-0.25, -0.2) is 0 Å². The minimum absolute atomic E-state index is 0.419. The van der Waals surface area contributed by atoms with Crippen LogP contribution >= 0.6 is 0 Å². The normalized spacial score (nSPS) is 11.4. The Hall–Kier alpha value is -0.321. The predicted octanol–water partition coefficient (Wildman–Crippen LogP) is 1.03. The third kappa shape index (κ3) is 3.93. The van der Waals surface area contributed by atoms with Crippen LogP contribution in [0.25, 0.3) is 0 Å². The van der Waals surface area contributed by atoms with E-state index in [9.17, 15) is 0 Å². The quantitative estimate of drug-likeness (QED) is 0.761. The van der Waals surface area contributed by atoms with Crippen molar-refractivity contribution in [3.05, 3.63) is 12.3 Å². The summed E-state index contributed by atoms with van der Waals surface area (Å²) in [6.45, 7) is 6.77. The molecule has 0 spiro atoms. The number of hydrogen-bond donors (Lipinski definition) is 0. The van der Waals surface area contributed by atoms with Crippen LogP contribution in [0.5, 0.6) is 6.01 Å². The number of rotatable bonds is 2. The van der Waals surface area contributed by atoms with Gasteiger partial charge in [-0.05, 0) is 0 Å². The monoisotopic (exact) mass is 286 g/mol. The number of ether oxygens (including phenoxy) is 1. The van der Waals surface area contributed by atoms with Gasteiger partial charge in [0.1, 0.15) is 0 Å². The summed E-state index contributed by atoms with van der Waals surface area (Å²) in [6.07, 6.45) is 1.77. The van der Waals surface area contributed by atoms with Crippen molar-refractivity contribution in [2.75, 3.05) is 7.11 Å². The zero-order valence-corrected chi connectivity index (χ0v) is 11.3. The Morgan fingerprint density at radius 3 is 2.62 bits per heavy atom. The third-order valence-electron chi connectivity index (χ3n) is 1.32. The Morgan fingerprint density at radius 1 is 1.38 bits per heavy atom. The molecule has 0 unspecified atom stereocenters. The van der Waals surface area contributed by atoms with Gasteiger partial charge in [-0.15, -0.1) is 0 Å². The minimum atomic E-state index is -0.620. The fourth-order valence-corrected chi connectivity index (χ4v) is 3.97. The first-order chi connectivity index (χ1) is 6.01. The van der Waals surface area contributed by atoms with E-state index in [2.05, 4.69) is 30.7 Å². The average molecular weight is 285 g/mol. The molecule has 1 rings (SSSR count). The van der Waals surface area contributed by atoms with Crippen molar-refractivity contribution in [2.45, 2.75) is 24.2 Å². The van der Waals surface area contributed by atoms with Crippen molar-refractivity contribution in [3.63, 3.8) is 0 Å². The fourth-order valence-electron chi connectivity index (χ4n) is 0.893. The Morgan fingerprint density at radius 2 is 2.08 bits per heavy atom. The average Bonchev–Trinajstić information content (AvgIpc) is 2.01. The molecule has 0 aromatic carbocycles. The van der Waals surface area contributed by atoms with E-state index < -0.39 is 21.1 Å². The van der Waals surface area contributed by atoms with Gasteiger partial charge in [0.05, 0.1) is 0 Å². The van der Waals surface area contributed by atoms with Crippen LogP contribution in [0.4, 0.5) is 0 Å². The molecule has 0 saturated heterocycles. The van der Waals surface area contributed by atoms with Crippen LogP contribution in [0.1, 0.15) is 20.8 Å². The number of methoxy groups -OCH3 is 1. The number of hydrogen-bond acceptors (Lipinski definition) is 3. The molecular weight excluding hydrogens is 271 g/mol. The van der Waals surface area contributed by atoms with Gasteiger partial charge in [-0.2, -0.15) is 0 Å². The van der Waals surface area contributed by atoms with Gasteiger partial charge in [0.15, 0.2) is 0 Å². The van der Waals surface area contributed by atoms with Crippen molar-refractivity contribution in [3.8, 4) is 6.01 Å². The number of nitrogens with zero attached hydrogens (tertiary/aromatic N) is 2. The second-order valence-electron chi connectivity index (χ2n) is 3.80. The molecule has 0 aliphatic carbocycles. The van der Waals surface area contributed by atoms with E-state index in [1.807, 2.05) is 6.07 Å². The van der Waals surface area contributed by atoms with Crippen LogP contribution in [0.2, 0.25) is 3.43 Å². The van der Waals surface area contributed by atoms with Crippen LogP contribution in [0.15, 0.2) is 12.3 Å². The van der Waals surface area contributed by atoms with Crippen molar-refractivity contribution < 1.29 is 4.74 Å². The summed E-state index contributed by atoms with van der Waals surface area (Å²) >= 11 is -0.620. The van der Waals surface area contributed by atoms with E-state index in [0.29, 0.717) is 9.44 Å². The molecule has 0 amide bonds. The molecular formula is C9H14N2OSn. The summed E-state index contributed by atoms with van der Waals surface area (Å²) in [5.74, 6) is 0. The molecule has 0 aliphatic heterocycles. The SMILES string of the molecule is COc1ncc[c]([Sn][C](C)(C)C)n1. The molecule has 3 nitrogen and oxygen atoms in total. The second-order valence-corrected chi connectivity index (χ2v) is 10.3. The van der Waals surface area contributed by atoms with Crippen LogP contribution < -0.4 is 8.45 Å². The van der Waals surface area contributed by atoms with Gasteiger partial charge >= 0.3 is 89.1 Å². The Bertz CT molecular complexity index is 283. The molecule has 0 bridgehead atoms. The van der Waals surface area contributed by atoms with Crippen LogP contribution in [0.3, 0.4) is 0 Å². The van der Waals surface area contributed by atoms with Gasteiger partial charge in [-0.3, -0.25) is 0 Å². The molecule has 0 atom stereocenters. The molecule has 0 saturated carbocycles. The molecule has 13 heavy (non-hydrogen) atoms. The first-order valence-corrected chi connectivity index (χ1v) is 7.02. The molecule has 0 aliphatic rings. The third-order valence-corrected chi connectivity index (χ3v) is 4.99. The van der Waals surface area contributed by atoms with Crippen LogP contribution in [-0.2, 0) is 0 Å². The van der Waals surface area contributed by atoms with E-state index in [1.165, 1.54) is 3.71 Å². The molecule has 70 valence electrons.